The van der Waals surface area contributed by atoms with Crippen LogP contribution in [0.4, 0.5) is 5.00 Å². The third kappa shape index (κ3) is 4.65. The number of carbonyl (C=O) groups excluding carboxylic acids is 3. The van der Waals surface area contributed by atoms with Gasteiger partial charge in [-0.3, -0.25) is 9.59 Å². The molecule has 0 radical (unpaired) electrons. The molecule has 0 fully saturated rings. The van der Waals surface area contributed by atoms with Crippen molar-refractivity contribution in [1.29, 1.82) is 0 Å². The molecule has 1 aliphatic rings. The van der Waals surface area contributed by atoms with Gasteiger partial charge in [-0.05, 0) is 37.8 Å². The Morgan fingerprint density at radius 3 is 2.79 bits per heavy atom. The van der Waals surface area contributed by atoms with Crippen molar-refractivity contribution in [3.8, 4) is 0 Å². The van der Waals surface area contributed by atoms with Gasteiger partial charge < -0.3 is 21.1 Å². The lowest BCUT2D eigenvalue weighted by molar-refractivity contribution is -0.687. The summed E-state index contributed by atoms with van der Waals surface area (Å²) in [5.41, 5.74) is 8.65. The Morgan fingerprint density at radius 2 is 2.07 bits per heavy atom. The summed E-state index contributed by atoms with van der Waals surface area (Å²) in [6, 6.07) is 8.56. The lowest BCUT2D eigenvalue weighted by atomic mass is 9.88. The summed E-state index contributed by atoms with van der Waals surface area (Å²) in [7, 11) is 0. The quantitative estimate of drug-likeness (QED) is 0.598. The van der Waals surface area contributed by atoms with Gasteiger partial charge >= 0.3 is 5.97 Å². The molecule has 2 aromatic rings. The monoisotopic (exact) mass is 416 g/mol. The van der Waals surface area contributed by atoms with Gasteiger partial charge in [0.25, 0.3) is 11.8 Å². The predicted octanol–water partition coefficient (Wildman–Crippen LogP) is 1.91. The van der Waals surface area contributed by atoms with Gasteiger partial charge in [0.2, 0.25) is 0 Å². The third-order valence-corrected chi connectivity index (χ3v) is 6.33. The minimum absolute atomic E-state index is 0.196. The maximum Gasteiger partial charge on any atom is 0.341 e. The molecule has 7 nitrogen and oxygen atoms in total. The number of amides is 2. The van der Waals surface area contributed by atoms with E-state index in [-0.39, 0.29) is 35.5 Å². The molecule has 1 atom stereocenters. The fraction of sp³-hybridized carbons (Fsp3) is 0.381. The van der Waals surface area contributed by atoms with Crippen molar-refractivity contribution in [1.82, 2.24) is 0 Å². The molecule has 0 saturated carbocycles. The van der Waals surface area contributed by atoms with Crippen LogP contribution in [-0.2, 0) is 16.0 Å². The second kappa shape index (κ2) is 9.19. The fourth-order valence-electron chi connectivity index (χ4n) is 3.75. The van der Waals surface area contributed by atoms with Crippen LogP contribution < -0.4 is 16.4 Å². The Hall–Kier alpha value is -2.71. The van der Waals surface area contributed by atoms with Gasteiger partial charge in [-0.1, -0.05) is 24.3 Å². The minimum atomic E-state index is -0.635. The van der Waals surface area contributed by atoms with E-state index in [0.29, 0.717) is 10.6 Å². The number of quaternary nitrogens is 1. The number of primary amides is 1. The number of thiophene rings is 1. The van der Waals surface area contributed by atoms with Crippen LogP contribution in [0.25, 0.3) is 0 Å². The second-order valence-corrected chi connectivity index (χ2v) is 8.05. The summed E-state index contributed by atoms with van der Waals surface area (Å²) in [6.07, 6.45) is 3.18. The van der Waals surface area contributed by atoms with Gasteiger partial charge in [0, 0.05) is 12.0 Å². The molecule has 154 valence electrons. The number of fused-ring (bicyclic) bond motifs is 1. The number of hydrogen-bond acceptors (Lipinski definition) is 5. The Morgan fingerprint density at radius 1 is 1.31 bits per heavy atom. The normalized spacial score (nSPS) is 15.4. The Labute approximate surface area is 173 Å². The van der Waals surface area contributed by atoms with E-state index >= 15 is 0 Å². The van der Waals surface area contributed by atoms with E-state index in [4.69, 9.17) is 10.5 Å². The molecule has 3 rings (SSSR count). The Bertz CT molecular complexity index is 938. The van der Waals surface area contributed by atoms with Gasteiger partial charge in [0.05, 0.1) is 17.0 Å². The van der Waals surface area contributed by atoms with Crippen LogP contribution in [-0.4, -0.2) is 30.9 Å². The van der Waals surface area contributed by atoms with Gasteiger partial charge in [0.15, 0.2) is 6.54 Å². The summed E-state index contributed by atoms with van der Waals surface area (Å²) < 4.78 is 5.07. The van der Waals surface area contributed by atoms with E-state index in [2.05, 4.69) is 17.4 Å². The van der Waals surface area contributed by atoms with E-state index < -0.39 is 11.9 Å². The van der Waals surface area contributed by atoms with Crippen molar-refractivity contribution in [2.45, 2.75) is 39.2 Å². The van der Waals surface area contributed by atoms with E-state index in [1.54, 1.807) is 13.8 Å². The number of nitrogens with two attached hydrogens (primary N) is 2. The first-order valence-corrected chi connectivity index (χ1v) is 10.5. The first-order chi connectivity index (χ1) is 13.9. The number of rotatable bonds is 7. The van der Waals surface area contributed by atoms with Crippen molar-refractivity contribution in [3.63, 3.8) is 0 Å². The molecule has 2 amide bonds. The number of nitrogens with one attached hydrogen (secondary N) is 1. The number of carbonyl (C=O) groups is 3. The number of esters is 1. The van der Waals surface area contributed by atoms with Gasteiger partial charge in [0.1, 0.15) is 11.0 Å². The SMILES string of the molecule is CCOC(=O)c1c(NC(=O)C[NH2+][C@@H]2CCCc3ccccc32)sc(C(N)=O)c1C. The van der Waals surface area contributed by atoms with Crippen LogP contribution in [0.3, 0.4) is 0 Å². The van der Waals surface area contributed by atoms with E-state index in [0.717, 1.165) is 30.6 Å². The van der Waals surface area contributed by atoms with Crippen LogP contribution in [0.15, 0.2) is 24.3 Å². The molecule has 1 aromatic heterocycles. The highest BCUT2D eigenvalue weighted by molar-refractivity contribution is 7.18. The lowest BCUT2D eigenvalue weighted by Gasteiger charge is -2.23. The molecule has 1 heterocycles. The summed E-state index contributed by atoms with van der Waals surface area (Å²) in [5.74, 6) is -1.45. The second-order valence-electron chi connectivity index (χ2n) is 7.03. The van der Waals surface area contributed by atoms with Crippen LogP contribution in [0.5, 0.6) is 0 Å². The van der Waals surface area contributed by atoms with E-state index in [1.165, 1.54) is 11.1 Å². The third-order valence-electron chi connectivity index (χ3n) is 5.11. The maximum absolute atomic E-state index is 12.6. The molecule has 0 bridgehead atoms. The van der Waals surface area contributed by atoms with Gasteiger partial charge in [-0.15, -0.1) is 11.3 Å². The van der Waals surface area contributed by atoms with Crippen molar-refractivity contribution in [2.75, 3.05) is 18.5 Å². The summed E-state index contributed by atoms with van der Waals surface area (Å²) >= 11 is 1.01. The molecular weight excluding hydrogens is 390 g/mol. The largest absolute Gasteiger partial charge is 0.462 e. The number of anilines is 1. The molecule has 5 N–H and O–H groups in total. The zero-order chi connectivity index (χ0) is 21.0. The van der Waals surface area contributed by atoms with Crippen LogP contribution in [0.2, 0.25) is 0 Å². The number of aryl methyl sites for hydroxylation is 1. The topological polar surface area (TPSA) is 115 Å². The van der Waals surface area contributed by atoms with Crippen LogP contribution in [0, 0.1) is 6.92 Å². The summed E-state index contributed by atoms with van der Waals surface area (Å²) in [6.45, 7) is 3.74. The molecule has 0 saturated heterocycles. The van der Waals surface area contributed by atoms with Crippen molar-refractivity contribution in [3.05, 3.63) is 51.4 Å². The zero-order valence-corrected chi connectivity index (χ0v) is 17.4. The minimum Gasteiger partial charge on any atom is -0.462 e. The van der Waals surface area contributed by atoms with Gasteiger partial charge in [-0.2, -0.15) is 0 Å². The van der Waals surface area contributed by atoms with Crippen molar-refractivity contribution < 1.29 is 24.4 Å². The number of hydrogen-bond donors (Lipinski definition) is 3. The van der Waals surface area contributed by atoms with E-state index in [9.17, 15) is 14.4 Å². The fourth-order valence-corrected chi connectivity index (χ4v) is 4.81. The van der Waals surface area contributed by atoms with Crippen LogP contribution >= 0.6 is 11.3 Å². The molecule has 1 aromatic carbocycles. The van der Waals surface area contributed by atoms with Crippen LogP contribution in [0.1, 0.15) is 62.5 Å². The van der Waals surface area contributed by atoms with Crippen molar-refractivity contribution in [2.24, 2.45) is 5.73 Å². The highest BCUT2D eigenvalue weighted by atomic mass is 32.1. The Kier molecular flexibility index (Phi) is 6.66. The Balaban J connectivity index is 1.72. The molecule has 29 heavy (non-hydrogen) atoms. The average molecular weight is 417 g/mol. The summed E-state index contributed by atoms with van der Waals surface area (Å²) in [5, 5.41) is 5.09. The molecule has 0 unspecified atom stereocenters. The number of ether oxygens (including phenoxy) is 1. The molecular formula is C21H26N3O4S+. The molecule has 1 aliphatic carbocycles. The van der Waals surface area contributed by atoms with E-state index in [1.807, 2.05) is 17.4 Å². The first-order valence-electron chi connectivity index (χ1n) is 9.73. The predicted molar refractivity (Wildman–Crippen MR) is 111 cm³/mol. The lowest BCUT2D eigenvalue weighted by Crippen LogP contribution is -2.87. The molecule has 0 spiro atoms. The highest BCUT2D eigenvalue weighted by Crippen LogP contribution is 2.33. The number of benzene rings is 1. The first kappa shape index (κ1) is 21.0. The molecule has 0 aliphatic heterocycles. The molecule has 8 heteroatoms. The zero-order valence-electron chi connectivity index (χ0n) is 16.6. The average Bonchev–Trinajstić information content (AvgIpc) is 3.02. The summed E-state index contributed by atoms with van der Waals surface area (Å²) in [4.78, 5) is 36.8. The smallest absolute Gasteiger partial charge is 0.341 e. The van der Waals surface area contributed by atoms with Crippen molar-refractivity contribution >= 4 is 34.1 Å². The maximum atomic E-state index is 12.6. The van der Waals surface area contributed by atoms with Gasteiger partial charge in [-0.25, -0.2) is 4.79 Å². The highest BCUT2D eigenvalue weighted by Gasteiger charge is 2.27. The standard InChI is InChI=1S/C21H25N3O4S/c1-3-28-21(27)17-12(2)18(19(22)26)29-20(17)24-16(25)11-23-15-10-6-8-13-7-4-5-9-14(13)15/h4-5,7,9,15,23H,3,6,8,10-11H2,1-2H3,(H2,22,26)(H,24,25)/p+1/t15-/m1/s1.